The third-order valence-electron chi connectivity index (χ3n) is 3.32. The van der Waals surface area contributed by atoms with Crippen molar-refractivity contribution in [1.82, 2.24) is 4.98 Å². The van der Waals surface area contributed by atoms with Gasteiger partial charge in [-0.25, -0.2) is 9.78 Å². The molecule has 0 fully saturated rings. The number of carboxylic acids is 1. The van der Waals surface area contributed by atoms with Gasteiger partial charge in [0.1, 0.15) is 23.1 Å². The first-order valence-corrected chi connectivity index (χ1v) is 8.54. The molecule has 0 bridgehead atoms. The summed E-state index contributed by atoms with van der Waals surface area (Å²) in [7, 11) is 0. The maximum atomic E-state index is 12.8. The van der Waals surface area contributed by atoms with Gasteiger partial charge in [0.05, 0.1) is 11.2 Å². The molecule has 1 heterocycles. The number of hydrogen-bond donors (Lipinski definition) is 2. The van der Waals surface area contributed by atoms with Gasteiger partial charge in [-0.1, -0.05) is 11.6 Å². The van der Waals surface area contributed by atoms with E-state index in [0.29, 0.717) is 17.8 Å². The van der Waals surface area contributed by atoms with Crippen LogP contribution in [0, 0.1) is 0 Å². The molecule has 0 amide bonds. The van der Waals surface area contributed by atoms with Crippen LogP contribution in [-0.4, -0.2) is 33.4 Å². The number of aliphatic carboxylic acids is 1. The van der Waals surface area contributed by atoms with E-state index < -0.39 is 23.3 Å². The van der Waals surface area contributed by atoms with Crippen molar-refractivity contribution in [1.29, 1.82) is 0 Å². The highest BCUT2D eigenvalue weighted by Gasteiger charge is 2.32. The number of aromatic nitrogens is 1. The Hall–Kier alpha value is -2.78. The Morgan fingerprint density at radius 2 is 1.97 bits per heavy atom. The number of halogens is 4. The highest BCUT2D eigenvalue weighted by Crippen LogP contribution is 2.36. The number of rotatable bonds is 7. The van der Waals surface area contributed by atoms with Crippen molar-refractivity contribution in [2.45, 2.75) is 25.6 Å². The quantitative estimate of drug-likeness (QED) is 0.612. The number of hydrogen-bond acceptors (Lipinski definition) is 5. The lowest BCUT2D eigenvalue weighted by Crippen LogP contribution is -2.27. The fourth-order valence-electron chi connectivity index (χ4n) is 2.01. The topological polar surface area (TPSA) is 88.9 Å². The Bertz CT molecular complexity index is 923. The van der Waals surface area contributed by atoms with Gasteiger partial charge in [0, 0.05) is 23.9 Å². The molecular weight excluding hydrogens is 415 g/mol. The number of carboxylic acid groups (broad SMARTS) is 1. The molecule has 2 N–H and O–H groups in total. The van der Waals surface area contributed by atoms with Gasteiger partial charge in [-0.15, -0.1) is 0 Å². The van der Waals surface area contributed by atoms with Crippen molar-refractivity contribution in [3.8, 4) is 17.4 Å². The lowest BCUT2D eigenvalue weighted by Gasteiger charge is -2.18. The van der Waals surface area contributed by atoms with Crippen molar-refractivity contribution in [3.63, 3.8) is 0 Å². The molecule has 2 aromatic rings. The number of alkyl halides is 3. The Kier molecular flexibility index (Phi) is 6.76. The highest BCUT2D eigenvalue weighted by molar-refractivity contribution is 6.31. The summed E-state index contributed by atoms with van der Waals surface area (Å²) in [5, 5.41) is 18.2. The molecule has 0 atom stereocenters. The van der Waals surface area contributed by atoms with Crippen LogP contribution in [0.4, 0.5) is 13.2 Å². The molecule has 2 rings (SSSR count). The third-order valence-corrected chi connectivity index (χ3v) is 3.59. The molecule has 0 aliphatic rings. The molecule has 0 saturated carbocycles. The predicted molar refractivity (Wildman–Crippen MR) is 99.2 cm³/mol. The minimum absolute atomic E-state index is 0.0456. The minimum Gasteiger partial charge on any atom is -0.490 e. The molecule has 10 heteroatoms. The summed E-state index contributed by atoms with van der Waals surface area (Å²) in [6, 6.07) is 5.04. The van der Waals surface area contributed by atoms with E-state index in [9.17, 15) is 23.1 Å². The zero-order valence-corrected chi connectivity index (χ0v) is 16.1. The van der Waals surface area contributed by atoms with Gasteiger partial charge >= 0.3 is 12.1 Å². The summed E-state index contributed by atoms with van der Waals surface area (Å²) in [6.07, 6.45) is -1.95. The first-order chi connectivity index (χ1) is 13.3. The van der Waals surface area contributed by atoms with Crippen molar-refractivity contribution in [2.24, 2.45) is 0 Å². The Morgan fingerprint density at radius 1 is 1.28 bits per heavy atom. The van der Waals surface area contributed by atoms with Crippen LogP contribution in [0.3, 0.4) is 0 Å². The van der Waals surface area contributed by atoms with E-state index in [4.69, 9.17) is 26.2 Å². The van der Waals surface area contributed by atoms with Gasteiger partial charge in [0.2, 0.25) is 5.88 Å². The van der Waals surface area contributed by atoms with Crippen molar-refractivity contribution in [3.05, 3.63) is 52.7 Å². The molecular formula is C19H17ClF3NO5. The SMILES string of the molecule is CC(C)(O)COc1ccc(C=CC(=O)O)c(Oc2ncc(C(F)(F)F)cc2Cl)c1. The molecule has 0 aliphatic carbocycles. The molecule has 1 aromatic heterocycles. The van der Waals surface area contributed by atoms with Crippen LogP contribution in [0.5, 0.6) is 17.4 Å². The summed E-state index contributed by atoms with van der Waals surface area (Å²) in [4.78, 5) is 14.4. The van der Waals surface area contributed by atoms with Crippen LogP contribution in [0.2, 0.25) is 5.02 Å². The van der Waals surface area contributed by atoms with Gasteiger partial charge in [0.25, 0.3) is 0 Å². The average molecular weight is 432 g/mol. The molecule has 6 nitrogen and oxygen atoms in total. The van der Waals surface area contributed by atoms with Crippen LogP contribution < -0.4 is 9.47 Å². The lowest BCUT2D eigenvalue weighted by molar-refractivity contribution is -0.138. The molecule has 0 aliphatic heterocycles. The second-order valence-electron chi connectivity index (χ2n) is 6.58. The van der Waals surface area contributed by atoms with Gasteiger partial charge < -0.3 is 19.7 Å². The summed E-state index contributed by atoms with van der Waals surface area (Å²) in [5.74, 6) is -1.18. The van der Waals surface area contributed by atoms with E-state index in [-0.39, 0.29) is 29.0 Å². The maximum absolute atomic E-state index is 12.8. The smallest absolute Gasteiger partial charge is 0.417 e. The molecule has 1 aromatic carbocycles. The van der Waals surface area contributed by atoms with Crippen molar-refractivity contribution in [2.75, 3.05) is 6.61 Å². The van der Waals surface area contributed by atoms with Gasteiger partial charge in [-0.3, -0.25) is 0 Å². The maximum Gasteiger partial charge on any atom is 0.417 e. The predicted octanol–water partition coefficient (Wildman–Crippen LogP) is 4.79. The van der Waals surface area contributed by atoms with E-state index >= 15 is 0 Å². The van der Waals surface area contributed by atoms with Gasteiger partial charge in [0.15, 0.2) is 0 Å². The van der Waals surface area contributed by atoms with E-state index in [1.807, 2.05) is 0 Å². The van der Waals surface area contributed by atoms with E-state index in [2.05, 4.69) is 4.98 Å². The number of pyridine rings is 1. The fourth-order valence-corrected chi connectivity index (χ4v) is 2.22. The Labute approximate surface area is 169 Å². The largest absolute Gasteiger partial charge is 0.490 e. The van der Waals surface area contributed by atoms with Crippen LogP contribution in [0.15, 0.2) is 36.5 Å². The van der Waals surface area contributed by atoms with E-state index in [1.54, 1.807) is 13.8 Å². The van der Waals surface area contributed by atoms with E-state index in [1.165, 1.54) is 24.3 Å². The number of carbonyl (C=O) groups is 1. The zero-order valence-electron chi connectivity index (χ0n) is 15.3. The molecule has 0 radical (unpaired) electrons. The van der Waals surface area contributed by atoms with Crippen molar-refractivity contribution < 1.29 is 37.7 Å². The molecule has 0 spiro atoms. The summed E-state index contributed by atoms with van der Waals surface area (Å²) in [6.45, 7) is 3.04. The number of ether oxygens (including phenoxy) is 2. The Balaban J connectivity index is 2.38. The molecule has 0 unspecified atom stereocenters. The normalized spacial score (nSPS) is 12.2. The average Bonchev–Trinajstić information content (AvgIpc) is 2.59. The van der Waals surface area contributed by atoms with Crippen molar-refractivity contribution >= 4 is 23.6 Å². The second-order valence-corrected chi connectivity index (χ2v) is 6.99. The first-order valence-electron chi connectivity index (χ1n) is 8.16. The number of nitrogens with zero attached hydrogens (tertiary/aromatic N) is 1. The van der Waals surface area contributed by atoms with Crippen LogP contribution in [0.25, 0.3) is 6.08 Å². The number of benzene rings is 1. The second kappa shape index (κ2) is 8.71. The number of aliphatic hydroxyl groups is 1. The Morgan fingerprint density at radius 3 is 2.52 bits per heavy atom. The van der Waals surface area contributed by atoms with Gasteiger partial charge in [-0.05, 0) is 38.1 Å². The highest BCUT2D eigenvalue weighted by atomic mass is 35.5. The summed E-state index contributed by atoms with van der Waals surface area (Å²) in [5.41, 5.74) is -1.86. The lowest BCUT2D eigenvalue weighted by atomic mass is 10.1. The summed E-state index contributed by atoms with van der Waals surface area (Å²) < 4.78 is 49.2. The van der Waals surface area contributed by atoms with Crippen LogP contribution in [-0.2, 0) is 11.0 Å². The molecule has 156 valence electrons. The molecule has 29 heavy (non-hydrogen) atoms. The fraction of sp³-hybridized carbons (Fsp3) is 0.263. The van der Waals surface area contributed by atoms with E-state index in [0.717, 1.165) is 6.08 Å². The zero-order chi connectivity index (χ0) is 21.8. The minimum atomic E-state index is -4.62. The first kappa shape index (κ1) is 22.5. The van der Waals surface area contributed by atoms with Crippen LogP contribution in [0.1, 0.15) is 25.0 Å². The van der Waals surface area contributed by atoms with Crippen LogP contribution >= 0.6 is 11.6 Å². The monoisotopic (exact) mass is 431 g/mol. The molecule has 0 saturated heterocycles. The third kappa shape index (κ3) is 6.95. The van der Waals surface area contributed by atoms with Gasteiger partial charge in [-0.2, -0.15) is 13.2 Å². The standard InChI is InChI=1S/C19H17ClF3NO5/c1-18(2,27)10-28-13-5-3-11(4-6-16(25)26)15(8-13)29-17-14(20)7-12(9-24-17)19(21,22)23/h3-9,27H,10H2,1-2H3,(H,25,26). The summed E-state index contributed by atoms with van der Waals surface area (Å²) >= 11 is 5.86.